The molecule has 0 bridgehead atoms. The normalized spacial score (nSPS) is 15.6. The Morgan fingerprint density at radius 3 is 2.50 bits per heavy atom. The maximum absolute atomic E-state index is 14.7. The van der Waals surface area contributed by atoms with Gasteiger partial charge in [0.25, 0.3) is 0 Å². The number of halogens is 1. The van der Waals surface area contributed by atoms with Crippen molar-refractivity contribution in [2.45, 2.75) is 40.2 Å². The van der Waals surface area contributed by atoms with Crippen molar-refractivity contribution in [2.75, 3.05) is 11.9 Å². The van der Waals surface area contributed by atoms with Crippen molar-refractivity contribution in [1.29, 1.82) is 0 Å². The third-order valence-corrected chi connectivity index (χ3v) is 4.63. The molecule has 0 radical (unpaired) electrons. The van der Waals surface area contributed by atoms with Crippen LogP contribution in [0.1, 0.15) is 37.0 Å². The van der Waals surface area contributed by atoms with E-state index in [0.29, 0.717) is 12.1 Å². The average Bonchev–Trinajstić information content (AvgIpc) is 2.96. The minimum absolute atomic E-state index is 0.00501. The summed E-state index contributed by atoms with van der Waals surface area (Å²) in [6.45, 7) is 8.72. The van der Waals surface area contributed by atoms with Crippen molar-refractivity contribution in [3.05, 3.63) is 58.4 Å². The summed E-state index contributed by atoms with van der Waals surface area (Å²) in [5.41, 5.74) is 6.09. The minimum Gasteiger partial charge on any atom is -0.383 e. The van der Waals surface area contributed by atoms with Gasteiger partial charge in [0.2, 0.25) is 5.91 Å². The van der Waals surface area contributed by atoms with Gasteiger partial charge in [-0.1, -0.05) is 12.1 Å². The molecule has 0 saturated carbocycles. The van der Waals surface area contributed by atoms with Gasteiger partial charge in [-0.3, -0.25) is 4.79 Å². The second kappa shape index (κ2) is 7.32. The summed E-state index contributed by atoms with van der Waals surface area (Å²) in [6, 6.07) is 9.56. The zero-order valence-corrected chi connectivity index (χ0v) is 15.7. The van der Waals surface area contributed by atoms with Gasteiger partial charge < -0.3 is 10.6 Å². The van der Waals surface area contributed by atoms with E-state index < -0.39 is 0 Å². The largest absolute Gasteiger partial charge is 0.383 e. The van der Waals surface area contributed by atoms with Crippen molar-refractivity contribution >= 4 is 17.7 Å². The molecule has 0 aromatic heterocycles. The molecule has 26 heavy (non-hydrogen) atoms. The van der Waals surface area contributed by atoms with E-state index in [1.165, 1.54) is 0 Å². The van der Waals surface area contributed by atoms with Crippen LogP contribution in [0.5, 0.6) is 0 Å². The Morgan fingerprint density at radius 2 is 1.88 bits per heavy atom. The van der Waals surface area contributed by atoms with E-state index in [0.717, 1.165) is 39.9 Å². The van der Waals surface area contributed by atoms with Crippen LogP contribution in [0.3, 0.4) is 0 Å². The van der Waals surface area contributed by atoms with E-state index in [1.807, 2.05) is 58.0 Å². The van der Waals surface area contributed by atoms with Crippen LogP contribution in [0, 0.1) is 19.7 Å². The zero-order valence-electron chi connectivity index (χ0n) is 15.7. The fourth-order valence-electron chi connectivity index (χ4n) is 3.30. The smallest absolute Gasteiger partial charge is 0.247 e. The van der Waals surface area contributed by atoms with Crippen LogP contribution in [0.2, 0.25) is 0 Å². The Bertz CT molecular complexity index is 884. The Balaban J connectivity index is 1.97. The first-order valence-electron chi connectivity index (χ1n) is 9.01. The Kier molecular flexibility index (Phi) is 5.12. The predicted octanol–water partition coefficient (Wildman–Crippen LogP) is 4.83. The van der Waals surface area contributed by atoms with E-state index in [1.54, 1.807) is 6.07 Å². The molecule has 2 N–H and O–H groups in total. The molecule has 0 unspecified atom stereocenters. The lowest BCUT2D eigenvalue weighted by Crippen LogP contribution is -2.14. The third-order valence-electron chi connectivity index (χ3n) is 4.63. The van der Waals surface area contributed by atoms with Crippen LogP contribution in [0.4, 0.5) is 10.1 Å². The van der Waals surface area contributed by atoms with Gasteiger partial charge in [0, 0.05) is 29.4 Å². The zero-order chi connectivity index (χ0) is 18.8. The fourth-order valence-corrected chi connectivity index (χ4v) is 3.30. The molecule has 1 amide bonds. The predicted molar refractivity (Wildman–Crippen MR) is 106 cm³/mol. The molecule has 4 heteroatoms. The number of anilines is 1. The van der Waals surface area contributed by atoms with E-state index in [-0.39, 0.29) is 17.8 Å². The lowest BCUT2D eigenvalue weighted by molar-refractivity contribution is -0.116. The van der Waals surface area contributed by atoms with E-state index in [4.69, 9.17) is 0 Å². The number of aryl methyl sites for hydroxylation is 2. The third kappa shape index (κ3) is 3.79. The number of rotatable bonds is 4. The number of nitrogens with one attached hydrogen (secondary N) is 2. The molecule has 2 aromatic carbocycles. The van der Waals surface area contributed by atoms with E-state index in [2.05, 4.69) is 10.6 Å². The molecule has 3 nitrogen and oxygen atoms in total. The highest BCUT2D eigenvalue weighted by molar-refractivity contribution is 6.00. The number of amides is 1. The van der Waals surface area contributed by atoms with Crippen LogP contribution in [0.25, 0.3) is 17.2 Å². The quantitative estimate of drug-likeness (QED) is 0.774. The average molecular weight is 352 g/mol. The molecule has 1 saturated heterocycles. The van der Waals surface area contributed by atoms with Gasteiger partial charge in [0.1, 0.15) is 5.82 Å². The van der Waals surface area contributed by atoms with Crippen molar-refractivity contribution in [1.82, 2.24) is 5.32 Å². The van der Waals surface area contributed by atoms with Crippen LogP contribution < -0.4 is 10.6 Å². The minimum atomic E-state index is -0.237. The van der Waals surface area contributed by atoms with Gasteiger partial charge in [-0.15, -0.1) is 0 Å². The first kappa shape index (κ1) is 18.2. The summed E-state index contributed by atoms with van der Waals surface area (Å²) in [5, 5.41) is 6.04. The Labute approximate surface area is 154 Å². The molecule has 1 fully saturated rings. The van der Waals surface area contributed by atoms with Gasteiger partial charge in [-0.2, -0.15) is 0 Å². The summed E-state index contributed by atoms with van der Waals surface area (Å²) in [5.74, 6) is -0.232. The summed E-state index contributed by atoms with van der Waals surface area (Å²) in [7, 11) is 0. The number of carbonyl (C=O) groups excluding carboxylic acids is 1. The number of hydrogen-bond donors (Lipinski definition) is 2. The molecule has 1 aliphatic heterocycles. The lowest BCUT2D eigenvalue weighted by Gasteiger charge is -2.14. The van der Waals surface area contributed by atoms with Crippen LogP contribution >= 0.6 is 0 Å². The Morgan fingerprint density at radius 1 is 1.12 bits per heavy atom. The molecule has 2 aromatic rings. The molecular formula is C22H25FN2O. The first-order chi connectivity index (χ1) is 12.3. The molecule has 0 spiro atoms. The van der Waals surface area contributed by atoms with Gasteiger partial charge in [0.05, 0.1) is 0 Å². The second-order valence-electron chi connectivity index (χ2n) is 7.19. The molecule has 1 heterocycles. The summed E-state index contributed by atoms with van der Waals surface area (Å²) < 4.78 is 14.7. The van der Waals surface area contributed by atoms with Gasteiger partial charge in [-0.05, 0) is 80.6 Å². The van der Waals surface area contributed by atoms with Crippen molar-refractivity contribution in [2.24, 2.45) is 0 Å². The monoisotopic (exact) mass is 352 g/mol. The van der Waals surface area contributed by atoms with Crippen LogP contribution in [-0.4, -0.2) is 18.5 Å². The number of hydrogen-bond acceptors (Lipinski definition) is 2. The highest BCUT2D eigenvalue weighted by Gasteiger charge is 2.17. The van der Waals surface area contributed by atoms with Crippen LogP contribution in [-0.2, 0) is 4.79 Å². The molecule has 3 rings (SSSR count). The highest BCUT2D eigenvalue weighted by atomic mass is 19.1. The summed E-state index contributed by atoms with van der Waals surface area (Å²) in [4.78, 5) is 11.8. The maximum atomic E-state index is 14.7. The molecular weight excluding hydrogens is 327 g/mol. The topological polar surface area (TPSA) is 41.1 Å². The van der Waals surface area contributed by atoms with Crippen LogP contribution in [0.15, 0.2) is 35.9 Å². The second-order valence-corrected chi connectivity index (χ2v) is 7.19. The van der Waals surface area contributed by atoms with Crippen molar-refractivity contribution in [3.8, 4) is 11.1 Å². The summed E-state index contributed by atoms with van der Waals surface area (Å²) >= 11 is 0. The molecule has 0 atom stereocenters. The number of benzene rings is 2. The highest BCUT2D eigenvalue weighted by Crippen LogP contribution is 2.31. The fraction of sp³-hybridized carbons (Fsp3) is 0.318. The SMILES string of the molecule is Cc1cc(-c2ccc(NC(C)C)cc2F)c(C)cc1/C=C1\CCNC1=O. The maximum Gasteiger partial charge on any atom is 0.247 e. The van der Waals surface area contributed by atoms with E-state index in [9.17, 15) is 9.18 Å². The molecule has 136 valence electrons. The first-order valence-corrected chi connectivity index (χ1v) is 9.01. The van der Waals surface area contributed by atoms with Crippen molar-refractivity contribution < 1.29 is 9.18 Å². The van der Waals surface area contributed by atoms with Gasteiger partial charge >= 0.3 is 0 Å². The van der Waals surface area contributed by atoms with Gasteiger partial charge in [-0.25, -0.2) is 4.39 Å². The number of carbonyl (C=O) groups is 1. The van der Waals surface area contributed by atoms with Crippen molar-refractivity contribution in [3.63, 3.8) is 0 Å². The Hall–Kier alpha value is -2.62. The van der Waals surface area contributed by atoms with E-state index >= 15 is 0 Å². The standard InChI is InChI=1S/C22H25FN2O/c1-13(2)25-18-5-6-19(21(23)12-18)20-10-14(3)17(9-15(20)4)11-16-7-8-24-22(16)26/h5-6,9-13,25H,7-8H2,1-4H3,(H,24,26)/b16-11+. The van der Waals surface area contributed by atoms with Gasteiger partial charge in [0.15, 0.2) is 0 Å². The molecule has 1 aliphatic rings. The summed E-state index contributed by atoms with van der Waals surface area (Å²) in [6.07, 6.45) is 2.69. The lowest BCUT2D eigenvalue weighted by atomic mass is 9.93. The molecule has 0 aliphatic carbocycles.